The summed E-state index contributed by atoms with van der Waals surface area (Å²) in [6.45, 7) is 9.10. The van der Waals surface area contributed by atoms with Gasteiger partial charge in [-0.1, -0.05) is 12.1 Å². The van der Waals surface area contributed by atoms with Gasteiger partial charge in [0.1, 0.15) is 5.75 Å². The molecule has 1 aliphatic rings. The molecule has 1 amide bonds. The number of nitrogens with zero attached hydrogens (tertiary/aromatic N) is 1. The zero-order valence-electron chi connectivity index (χ0n) is 15.0. The van der Waals surface area contributed by atoms with Crippen molar-refractivity contribution in [2.45, 2.75) is 46.6 Å². The Kier molecular flexibility index (Phi) is 6.23. The van der Waals surface area contributed by atoms with Gasteiger partial charge >= 0.3 is 5.97 Å². The molecule has 0 aromatic heterocycles. The normalized spacial score (nSPS) is 16.6. The van der Waals surface area contributed by atoms with Crippen LogP contribution < -0.4 is 4.74 Å². The number of aryl methyl sites for hydroxylation is 2. The largest absolute Gasteiger partial charge is 0.481 e. The summed E-state index contributed by atoms with van der Waals surface area (Å²) >= 11 is 0. The van der Waals surface area contributed by atoms with Crippen LogP contribution in [-0.4, -0.2) is 42.6 Å². The number of carbonyl (C=O) groups excluding carboxylic acids is 2. The molecule has 1 aromatic carbocycles. The molecule has 132 valence electrons. The first-order valence-corrected chi connectivity index (χ1v) is 8.61. The van der Waals surface area contributed by atoms with Gasteiger partial charge in [0.15, 0.2) is 6.10 Å². The minimum Gasteiger partial charge on any atom is -0.481 e. The third-order valence-electron chi connectivity index (χ3n) is 4.42. The number of ether oxygens (including phenoxy) is 2. The fourth-order valence-electron chi connectivity index (χ4n) is 2.93. The summed E-state index contributed by atoms with van der Waals surface area (Å²) in [6.07, 6.45) is 0.770. The number of piperidine rings is 1. The Balaban J connectivity index is 1.90. The molecule has 1 saturated heterocycles. The molecule has 0 N–H and O–H groups in total. The SMILES string of the molecule is CCOC(=O)C1CCN(C(=O)C(C)Oc2cc(C)ccc2C)CC1. The van der Waals surface area contributed by atoms with Gasteiger partial charge in [0.2, 0.25) is 0 Å². The van der Waals surface area contributed by atoms with Crippen LogP contribution >= 0.6 is 0 Å². The van der Waals surface area contributed by atoms with Crippen LogP contribution in [0.1, 0.15) is 37.8 Å². The van der Waals surface area contributed by atoms with Crippen molar-refractivity contribution in [1.29, 1.82) is 0 Å². The fourth-order valence-corrected chi connectivity index (χ4v) is 2.93. The van der Waals surface area contributed by atoms with Crippen molar-refractivity contribution in [1.82, 2.24) is 4.90 Å². The van der Waals surface area contributed by atoms with Crippen molar-refractivity contribution >= 4 is 11.9 Å². The number of rotatable bonds is 5. The fraction of sp³-hybridized carbons (Fsp3) is 0.579. The maximum Gasteiger partial charge on any atom is 0.309 e. The first-order chi connectivity index (χ1) is 11.4. The molecule has 5 heteroatoms. The average Bonchev–Trinajstić information content (AvgIpc) is 2.57. The summed E-state index contributed by atoms with van der Waals surface area (Å²) in [5, 5.41) is 0. The van der Waals surface area contributed by atoms with Crippen LogP contribution in [0.5, 0.6) is 5.75 Å². The minimum absolute atomic E-state index is 0.0294. The molecule has 1 aliphatic heterocycles. The highest BCUT2D eigenvalue weighted by Gasteiger charge is 2.30. The van der Waals surface area contributed by atoms with Gasteiger partial charge in [0, 0.05) is 13.1 Å². The van der Waals surface area contributed by atoms with Gasteiger partial charge < -0.3 is 14.4 Å². The summed E-state index contributed by atoms with van der Waals surface area (Å²) in [7, 11) is 0. The van der Waals surface area contributed by atoms with Gasteiger partial charge in [0.05, 0.1) is 12.5 Å². The molecule has 0 spiro atoms. The van der Waals surface area contributed by atoms with Gasteiger partial charge in [-0.05, 0) is 57.7 Å². The van der Waals surface area contributed by atoms with E-state index in [1.807, 2.05) is 39.0 Å². The maximum atomic E-state index is 12.6. The molecule has 2 rings (SSSR count). The standard InChI is InChI=1S/C19H27NO4/c1-5-23-19(22)16-8-10-20(11-9-16)18(21)15(4)24-17-12-13(2)6-7-14(17)3/h6-7,12,15-16H,5,8-11H2,1-4H3. The molecule has 0 saturated carbocycles. The van der Waals surface area contributed by atoms with Crippen LogP contribution in [0, 0.1) is 19.8 Å². The van der Waals surface area contributed by atoms with Crippen LogP contribution in [0.15, 0.2) is 18.2 Å². The van der Waals surface area contributed by atoms with E-state index in [1.54, 1.807) is 11.8 Å². The van der Waals surface area contributed by atoms with E-state index < -0.39 is 6.10 Å². The first kappa shape index (κ1) is 18.3. The average molecular weight is 333 g/mol. The monoisotopic (exact) mass is 333 g/mol. The van der Waals surface area contributed by atoms with Crippen LogP contribution in [0.25, 0.3) is 0 Å². The second-order valence-corrected chi connectivity index (χ2v) is 6.38. The lowest BCUT2D eigenvalue weighted by Crippen LogP contribution is -2.46. The molecule has 0 radical (unpaired) electrons. The molecule has 1 unspecified atom stereocenters. The summed E-state index contributed by atoms with van der Waals surface area (Å²) in [4.78, 5) is 26.1. The van der Waals surface area contributed by atoms with Crippen molar-refractivity contribution in [2.24, 2.45) is 5.92 Å². The summed E-state index contributed by atoms with van der Waals surface area (Å²) in [6, 6.07) is 5.97. The van der Waals surface area contributed by atoms with Gasteiger partial charge in [-0.25, -0.2) is 0 Å². The third kappa shape index (κ3) is 4.49. The molecule has 1 heterocycles. The lowest BCUT2D eigenvalue weighted by atomic mass is 9.96. The van der Waals surface area contributed by atoms with Crippen LogP contribution in [-0.2, 0) is 14.3 Å². The van der Waals surface area contributed by atoms with E-state index in [2.05, 4.69) is 0 Å². The Labute approximate surface area is 143 Å². The second kappa shape index (κ2) is 8.18. The van der Waals surface area contributed by atoms with Gasteiger partial charge in [-0.2, -0.15) is 0 Å². The predicted octanol–water partition coefficient (Wildman–Crippen LogP) is 2.87. The van der Waals surface area contributed by atoms with Crippen molar-refractivity contribution in [3.63, 3.8) is 0 Å². The summed E-state index contributed by atoms with van der Waals surface area (Å²) < 4.78 is 10.9. The number of hydrogen-bond acceptors (Lipinski definition) is 4. The number of hydrogen-bond donors (Lipinski definition) is 0. The molecule has 24 heavy (non-hydrogen) atoms. The zero-order chi connectivity index (χ0) is 17.7. The molecular formula is C19H27NO4. The maximum absolute atomic E-state index is 12.6. The Morgan fingerprint density at radius 2 is 1.92 bits per heavy atom. The Morgan fingerprint density at radius 1 is 1.25 bits per heavy atom. The molecular weight excluding hydrogens is 306 g/mol. The van der Waals surface area contributed by atoms with E-state index >= 15 is 0 Å². The lowest BCUT2D eigenvalue weighted by molar-refractivity contribution is -0.152. The predicted molar refractivity (Wildman–Crippen MR) is 91.9 cm³/mol. The molecule has 1 fully saturated rings. The quantitative estimate of drug-likeness (QED) is 0.778. The van der Waals surface area contributed by atoms with E-state index in [0.29, 0.717) is 32.5 Å². The number of amides is 1. The van der Waals surface area contributed by atoms with Gasteiger partial charge in [0.25, 0.3) is 5.91 Å². The minimum atomic E-state index is -0.537. The van der Waals surface area contributed by atoms with E-state index in [4.69, 9.17) is 9.47 Å². The van der Waals surface area contributed by atoms with Crippen LogP contribution in [0.4, 0.5) is 0 Å². The van der Waals surface area contributed by atoms with Crippen molar-refractivity contribution < 1.29 is 19.1 Å². The number of likely N-dealkylation sites (tertiary alicyclic amines) is 1. The van der Waals surface area contributed by atoms with Crippen LogP contribution in [0.3, 0.4) is 0 Å². The molecule has 5 nitrogen and oxygen atoms in total. The van der Waals surface area contributed by atoms with Crippen molar-refractivity contribution in [3.05, 3.63) is 29.3 Å². The van der Waals surface area contributed by atoms with E-state index in [0.717, 1.165) is 16.9 Å². The zero-order valence-corrected chi connectivity index (χ0v) is 15.0. The third-order valence-corrected chi connectivity index (χ3v) is 4.42. The highest BCUT2D eigenvalue weighted by Crippen LogP contribution is 2.23. The van der Waals surface area contributed by atoms with Crippen molar-refractivity contribution in [3.8, 4) is 5.75 Å². The smallest absolute Gasteiger partial charge is 0.309 e. The second-order valence-electron chi connectivity index (χ2n) is 6.38. The lowest BCUT2D eigenvalue weighted by Gasteiger charge is -2.32. The number of benzene rings is 1. The Hall–Kier alpha value is -2.04. The summed E-state index contributed by atoms with van der Waals surface area (Å²) in [5.41, 5.74) is 2.12. The molecule has 1 atom stereocenters. The first-order valence-electron chi connectivity index (χ1n) is 8.61. The molecule has 0 aliphatic carbocycles. The van der Waals surface area contributed by atoms with E-state index in [1.165, 1.54) is 0 Å². The summed E-state index contributed by atoms with van der Waals surface area (Å²) in [5.74, 6) is 0.476. The van der Waals surface area contributed by atoms with Crippen molar-refractivity contribution in [2.75, 3.05) is 19.7 Å². The topological polar surface area (TPSA) is 55.8 Å². The number of esters is 1. The van der Waals surface area contributed by atoms with Crippen LogP contribution in [0.2, 0.25) is 0 Å². The Bertz CT molecular complexity index is 591. The van der Waals surface area contributed by atoms with E-state index in [-0.39, 0.29) is 17.8 Å². The van der Waals surface area contributed by atoms with E-state index in [9.17, 15) is 9.59 Å². The Morgan fingerprint density at radius 3 is 2.54 bits per heavy atom. The molecule has 1 aromatic rings. The molecule has 0 bridgehead atoms. The van der Waals surface area contributed by atoms with Gasteiger partial charge in [-0.3, -0.25) is 9.59 Å². The highest BCUT2D eigenvalue weighted by molar-refractivity contribution is 5.81. The number of carbonyl (C=O) groups is 2. The highest BCUT2D eigenvalue weighted by atomic mass is 16.5. The van der Waals surface area contributed by atoms with Gasteiger partial charge in [-0.15, -0.1) is 0 Å².